The minimum atomic E-state index is -3.04. The van der Waals surface area contributed by atoms with Gasteiger partial charge in [-0.3, -0.25) is 14.9 Å². The minimum absolute atomic E-state index is 0.174. The maximum absolute atomic E-state index is 12.5. The first kappa shape index (κ1) is 11.8. The highest BCUT2D eigenvalue weighted by atomic mass is 79.9. The largest absolute Gasteiger partial charge is 0.322 e. The van der Waals surface area contributed by atoms with Crippen LogP contribution >= 0.6 is 15.9 Å². The highest BCUT2D eigenvalue weighted by molar-refractivity contribution is 9.08. The number of nitrogens with one attached hydrogen (secondary N) is 1. The lowest BCUT2D eigenvalue weighted by Gasteiger charge is -2.04. The molecule has 1 aromatic rings. The van der Waals surface area contributed by atoms with Crippen LogP contribution in [-0.2, 0) is 5.33 Å². The molecule has 0 unspecified atom stereocenters. The second-order valence-electron chi connectivity index (χ2n) is 2.59. The third kappa shape index (κ3) is 2.20. The van der Waals surface area contributed by atoms with Gasteiger partial charge in [0.05, 0.1) is 22.2 Å². The van der Waals surface area contributed by atoms with Crippen LogP contribution in [0.4, 0.5) is 14.5 Å². The van der Waals surface area contributed by atoms with E-state index in [9.17, 15) is 23.7 Å². The fourth-order valence-electron chi connectivity index (χ4n) is 1.11. The smallest absolute Gasteiger partial charge is 0.290 e. The molecule has 0 aliphatic heterocycles. The maximum atomic E-state index is 12.5. The van der Waals surface area contributed by atoms with Crippen LogP contribution < -0.4 is 5.56 Å². The van der Waals surface area contributed by atoms with Crippen molar-refractivity contribution in [1.82, 2.24) is 4.98 Å². The van der Waals surface area contributed by atoms with Crippen molar-refractivity contribution in [2.45, 2.75) is 11.8 Å². The lowest BCUT2D eigenvalue weighted by molar-refractivity contribution is -0.385. The Hall–Kier alpha value is -1.31. The van der Waals surface area contributed by atoms with Crippen molar-refractivity contribution < 1.29 is 13.7 Å². The monoisotopic (exact) mass is 282 g/mol. The molecule has 0 fully saturated rings. The molecule has 0 atom stereocenters. The summed E-state index contributed by atoms with van der Waals surface area (Å²) in [7, 11) is 0. The van der Waals surface area contributed by atoms with Crippen LogP contribution in [-0.4, -0.2) is 9.91 Å². The van der Waals surface area contributed by atoms with Gasteiger partial charge >= 0.3 is 0 Å². The second-order valence-corrected chi connectivity index (χ2v) is 3.15. The van der Waals surface area contributed by atoms with Crippen LogP contribution in [0.15, 0.2) is 11.0 Å². The number of alkyl halides is 3. The number of H-pyrrole nitrogens is 1. The summed E-state index contributed by atoms with van der Waals surface area (Å²) < 4.78 is 24.9. The molecule has 0 aliphatic carbocycles. The van der Waals surface area contributed by atoms with E-state index in [4.69, 9.17) is 0 Å². The topological polar surface area (TPSA) is 76.0 Å². The lowest BCUT2D eigenvalue weighted by atomic mass is 10.1. The molecule has 0 aliphatic rings. The number of nitro groups is 1. The predicted octanol–water partition coefficient (Wildman–Crippen LogP) is 2.12. The Labute approximate surface area is 90.4 Å². The molecule has 1 rings (SSSR count). The summed E-state index contributed by atoms with van der Waals surface area (Å²) in [5, 5.41) is 10.3. The zero-order valence-electron chi connectivity index (χ0n) is 7.17. The fraction of sp³-hybridized carbons (Fsp3) is 0.286. The molecule has 5 nitrogen and oxygen atoms in total. The van der Waals surface area contributed by atoms with Crippen molar-refractivity contribution in [1.29, 1.82) is 0 Å². The molecule has 1 N–H and O–H groups in total. The Kier molecular flexibility index (Phi) is 3.51. The van der Waals surface area contributed by atoms with Gasteiger partial charge in [0.1, 0.15) is 0 Å². The van der Waals surface area contributed by atoms with Crippen molar-refractivity contribution in [3.63, 3.8) is 0 Å². The fourth-order valence-corrected chi connectivity index (χ4v) is 1.70. The Morgan fingerprint density at radius 1 is 1.60 bits per heavy atom. The van der Waals surface area contributed by atoms with E-state index in [-0.39, 0.29) is 10.9 Å². The first-order chi connectivity index (χ1) is 6.99. The molecule has 8 heteroatoms. The number of nitrogens with zero attached hydrogens (tertiary/aromatic N) is 1. The molecule has 0 amide bonds. The SMILES string of the molecule is O=c1[nH]cc([N+](=O)[O-])c(CBr)c1C(F)F. The van der Waals surface area contributed by atoms with E-state index in [1.54, 1.807) is 0 Å². The summed E-state index contributed by atoms with van der Waals surface area (Å²) in [4.78, 5) is 22.6. The van der Waals surface area contributed by atoms with Gasteiger partial charge in [-0.1, -0.05) is 15.9 Å². The van der Waals surface area contributed by atoms with Gasteiger partial charge in [0.15, 0.2) is 0 Å². The molecular formula is C7H5BrF2N2O3. The highest BCUT2D eigenvalue weighted by Gasteiger charge is 2.25. The van der Waals surface area contributed by atoms with Gasteiger partial charge in [-0.2, -0.15) is 0 Å². The van der Waals surface area contributed by atoms with E-state index < -0.39 is 28.2 Å². The zero-order valence-corrected chi connectivity index (χ0v) is 8.75. The molecular weight excluding hydrogens is 278 g/mol. The van der Waals surface area contributed by atoms with Crippen molar-refractivity contribution in [3.05, 3.63) is 37.8 Å². The van der Waals surface area contributed by atoms with Crippen LogP contribution in [0.2, 0.25) is 0 Å². The van der Waals surface area contributed by atoms with Crippen LogP contribution in [0, 0.1) is 10.1 Å². The van der Waals surface area contributed by atoms with Gasteiger partial charge in [0, 0.05) is 5.33 Å². The molecule has 0 radical (unpaired) electrons. The molecule has 1 heterocycles. The molecule has 0 saturated carbocycles. The van der Waals surface area contributed by atoms with Gasteiger partial charge in [-0.05, 0) is 0 Å². The van der Waals surface area contributed by atoms with Gasteiger partial charge < -0.3 is 4.98 Å². The third-order valence-electron chi connectivity index (χ3n) is 1.77. The first-order valence-electron chi connectivity index (χ1n) is 3.72. The van der Waals surface area contributed by atoms with Crippen LogP contribution in [0.1, 0.15) is 17.6 Å². The molecule has 0 aromatic carbocycles. The maximum Gasteiger partial charge on any atom is 0.290 e. The quantitative estimate of drug-likeness (QED) is 0.524. The Balaban J connectivity index is 3.54. The average Bonchev–Trinajstić information content (AvgIpc) is 2.15. The van der Waals surface area contributed by atoms with E-state index >= 15 is 0 Å². The van der Waals surface area contributed by atoms with Crippen molar-refractivity contribution in [2.75, 3.05) is 0 Å². The van der Waals surface area contributed by atoms with Crippen LogP contribution in [0.5, 0.6) is 0 Å². The third-order valence-corrected chi connectivity index (χ3v) is 2.33. The number of hydrogen-bond donors (Lipinski definition) is 1. The van der Waals surface area contributed by atoms with Gasteiger partial charge in [0.2, 0.25) is 0 Å². The number of aromatic nitrogens is 1. The Morgan fingerprint density at radius 2 is 2.20 bits per heavy atom. The van der Waals surface area contributed by atoms with Crippen LogP contribution in [0.3, 0.4) is 0 Å². The van der Waals surface area contributed by atoms with Crippen molar-refractivity contribution >= 4 is 21.6 Å². The number of aromatic amines is 1. The van der Waals surface area contributed by atoms with E-state index in [0.29, 0.717) is 0 Å². The summed E-state index contributed by atoms with van der Waals surface area (Å²) in [5.41, 5.74) is -2.69. The lowest BCUT2D eigenvalue weighted by Crippen LogP contribution is -2.16. The zero-order chi connectivity index (χ0) is 11.6. The van der Waals surface area contributed by atoms with Crippen molar-refractivity contribution in [3.8, 4) is 0 Å². The summed E-state index contributed by atoms with van der Waals surface area (Å²) in [6.45, 7) is 0. The number of rotatable bonds is 3. The average molecular weight is 283 g/mol. The summed E-state index contributed by atoms with van der Waals surface area (Å²) >= 11 is 2.84. The molecule has 0 bridgehead atoms. The first-order valence-corrected chi connectivity index (χ1v) is 4.84. The normalized spacial score (nSPS) is 10.7. The van der Waals surface area contributed by atoms with E-state index in [0.717, 1.165) is 6.20 Å². The van der Waals surface area contributed by atoms with Gasteiger partial charge in [0.25, 0.3) is 17.7 Å². The van der Waals surface area contributed by atoms with Gasteiger partial charge in [-0.15, -0.1) is 0 Å². The molecule has 0 saturated heterocycles. The molecule has 15 heavy (non-hydrogen) atoms. The summed E-state index contributed by atoms with van der Waals surface area (Å²) in [6, 6.07) is 0. The number of pyridine rings is 1. The van der Waals surface area contributed by atoms with Gasteiger partial charge in [-0.25, -0.2) is 8.78 Å². The Morgan fingerprint density at radius 3 is 2.60 bits per heavy atom. The van der Waals surface area contributed by atoms with Crippen LogP contribution in [0.25, 0.3) is 0 Å². The predicted molar refractivity (Wildman–Crippen MR) is 51.3 cm³/mol. The number of halogens is 3. The van der Waals surface area contributed by atoms with E-state index in [1.807, 2.05) is 4.98 Å². The summed E-state index contributed by atoms with van der Waals surface area (Å²) in [6.07, 6.45) is -2.23. The highest BCUT2D eigenvalue weighted by Crippen LogP contribution is 2.27. The minimum Gasteiger partial charge on any atom is -0.322 e. The Bertz CT molecular complexity index is 446. The standard InChI is InChI=1S/C7H5BrF2N2O3/c8-1-3-4(12(14)15)2-11-7(13)5(3)6(9)10/h2,6H,1H2,(H,11,13). The van der Waals surface area contributed by atoms with E-state index in [2.05, 4.69) is 15.9 Å². The summed E-state index contributed by atoms with van der Waals surface area (Å²) in [5.74, 6) is 0. The molecule has 1 aromatic heterocycles. The number of hydrogen-bond acceptors (Lipinski definition) is 3. The molecule has 82 valence electrons. The second kappa shape index (κ2) is 4.47. The van der Waals surface area contributed by atoms with E-state index in [1.165, 1.54) is 0 Å². The van der Waals surface area contributed by atoms with Crippen molar-refractivity contribution in [2.24, 2.45) is 0 Å². The molecule has 0 spiro atoms.